The first-order valence-corrected chi connectivity index (χ1v) is 8.25. The number of halogens is 5. The molecule has 0 fully saturated rings. The summed E-state index contributed by atoms with van der Waals surface area (Å²) in [4.78, 5) is 0. The van der Waals surface area contributed by atoms with Gasteiger partial charge < -0.3 is 4.74 Å². The van der Waals surface area contributed by atoms with E-state index < -0.39 is 57.7 Å². The van der Waals surface area contributed by atoms with Crippen molar-refractivity contribution in [3.63, 3.8) is 0 Å². The van der Waals surface area contributed by atoms with E-state index in [9.17, 15) is 22.0 Å². The Hall–Kier alpha value is -2.36. The molecule has 3 rings (SSSR count). The lowest BCUT2D eigenvalue weighted by molar-refractivity contribution is -0.212. The van der Waals surface area contributed by atoms with Crippen LogP contribution in [0.1, 0.15) is 28.2 Å². The average molecular weight is 393 g/mol. The lowest BCUT2D eigenvalue weighted by atomic mass is 9.74. The van der Waals surface area contributed by atoms with Crippen LogP contribution in [-0.2, 0) is 5.92 Å². The Kier molecular flexibility index (Phi) is 5.05. The lowest BCUT2D eigenvalue weighted by Crippen LogP contribution is -2.36. The summed E-state index contributed by atoms with van der Waals surface area (Å²) in [6.45, 7) is 1.28. The molecule has 2 aromatic carbocycles. The summed E-state index contributed by atoms with van der Waals surface area (Å²) in [7, 11) is 22.2. The van der Waals surface area contributed by atoms with E-state index >= 15 is 0 Å². The van der Waals surface area contributed by atoms with Gasteiger partial charge in [0.05, 0.1) is 13.9 Å². The standard InChI is InChI=1S/C18H8B4F5NO/c1-6-10(29-16-13(21)7(5-28)12(20)15(23)14(16)22)3-2-8-11(6)9(4-19)18(26,27)17(8,24)25/h2-3,9H,4H2,1H3. The molecule has 1 unspecified atom stereocenters. The minimum absolute atomic E-state index is 0.0654. The van der Waals surface area contributed by atoms with E-state index in [0.717, 1.165) is 12.1 Å². The van der Waals surface area contributed by atoms with Crippen molar-refractivity contribution in [2.75, 3.05) is 0 Å². The van der Waals surface area contributed by atoms with Gasteiger partial charge in [-0.3, -0.25) is 0 Å². The van der Waals surface area contributed by atoms with E-state index in [0.29, 0.717) is 0 Å². The monoisotopic (exact) mass is 393 g/mol. The fraction of sp³-hybridized carbons (Fsp3) is 0.278. The maximum atomic E-state index is 14.2. The zero-order chi connectivity index (χ0) is 21.9. The molecule has 0 saturated carbocycles. The van der Waals surface area contributed by atoms with Gasteiger partial charge in [-0.25, -0.2) is 4.39 Å². The molecule has 0 saturated heterocycles. The molecule has 0 heterocycles. The SMILES string of the molecule is [B]CC1c2c(ccc(Oc3c([B])c(F)c([B])c(C#N)c3[B])c2C)C(F)(F)C1(F)F. The smallest absolute Gasteiger partial charge is 0.336 e. The number of alkyl halides is 4. The van der Waals surface area contributed by atoms with Gasteiger partial charge >= 0.3 is 11.8 Å². The molecule has 29 heavy (non-hydrogen) atoms. The molecular formula is C18H8B4F5NO. The van der Waals surface area contributed by atoms with E-state index in [1.165, 1.54) is 6.92 Å². The Morgan fingerprint density at radius 1 is 1.10 bits per heavy atom. The highest BCUT2D eigenvalue weighted by atomic mass is 19.3. The van der Waals surface area contributed by atoms with Crippen molar-refractivity contribution in [2.45, 2.75) is 31.0 Å². The molecule has 2 aromatic rings. The van der Waals surface area contributed by atoms with Gasteiger partial charge in [0, 0.05) is 17.0 Å². The second kappa shape index (κ2) is 6.86. The molecule has 2 nitrogen and oxygen atoms in total. The molecular weight excluding hydrogens is 384 g/mol. The van der Waals surface area contributed by atoms with Crippen LogP contribution in [0.15, 0.2) is 12.1 Å². The highest BCUT2D eigenvalue weighted by Gasteiger charge is 2.68. The van der Waals surface area contributed by atoms with Gasteiger partial charge in [-0.15, -0.1) is 0 Å². The lowest BCUT2D eigenvalue weighted by Gasteiger charge is -2.24. The Balaban J connectivity index is 2.19. The van der Waals surface area contributed by atoms with Crippen molar-refractivity contribution < 1.29 is 26.7 Å². The Labute approximate surface area is 169 Å². The predicted octanol–water partition coefficient (Wildman–Crippen LogP) is 1.59. The minimum Gasteiger partial charge on any atom is -0.458 e. The topological polar surface area (TPSA) is 33.0 Å². The van der Waals surface area contributed by atoms with E-state index in [-0.39, 0.29) is 22.3 Å². The van der Waals surface area contributed by atoms with Gasteiger partial charge in [-0.2, -0.15) is 22.8 Å². The second-order valence-electron chi connectivity index (χ2n) is 6.61. The van der Waals surface area contributed by atoms with Crippen LogP contribution < -0.4 is 21.1 Å². The maximum Gasteiger partial charge on any atom is 0.336 e. The minimum atomic E-state index is -4.42. The van der Waals surface area contributed by atoms with Crippen LogP contribution >= 0.6 is 0 Å². The summed E-state index contributed by atoms with van der Waals surface area (Å²) in [5.74, 6) is -12.6. The van der Waals surface area contributed by atoms with Crippen LogP contribution in [0.3, 0.4) is 0 Å². The molecule has 0 amide bonds. The number of benzene rings is 2. The second-order valence-corrected chi connectivity index (χ2v) is 6.61. The van der Waals surface area contributed by atoms with Crippen molar-refractivity contribution in [1.82, 2.24) is 0 Å². The van der Waals surface area contributed by atoms with Gasteiger partial charge in [0.2, 0.25) is 0 Å². The number of nitrogens with zero attached hydrogens (tertiary/aromatic N) is 1. The number of nitriles is 1. The molecule has 0 spiro atoms. The van der Waals surface area contributed by atoms with E-state index in [1.54, 1.807) is 6.07 Å². The Morgan fingerprint density at radius 2 is 1.72 bits per heavy atom. The molecule has 138 valence electrons. The van der Waals surface area contributed by atoms with Crippen molar-refractivity contribution in [3.8, 4) is 17.6 Å². The van der Waals surface area contributed by atoms with Crippen LogP contribution in [-0.4, -0.2) is 37.3 Å². The van der Waals surface area contributed by atoms with Gasteiger partial charge in [-0.1, -0.05) is 6.32 Å². The first-order chi connectivity index (χ1) is 13.4. The zero-order valence-corrected chi connectivity index (χ0v) is 15.0. The molecule has 0 aliphatic heterocycles. The van der Waals surface area contributed by atoms with Crippen molar-refractivity contribution in [1.29, 1.82) is 5.26 Å². The summed E-state index contributed by atoms with van der Waals surface area (Å²) in [6.07, 6.45) is -0.737. The van der Waals surface area contributed by atoms with Crippen LogP contribution in [0.5, 0.6) is 11.5 Å². The number of hydrogen-bond acceptors (Lipinski definition) is 2. The molecule has 0 aromatic heterocycles. The summed E-state index contributed by atoms with van der Waals surface area (Å²) in [5, 5.41) is 9.11. The van der Waals surface area contributed by atoms with Crippen molar-refractivity contribution in [3.05, 3.63) is 40.2 Å². The van der Waals surface area contributed by atoms with Gasteiger partial charge in [-0.05, 0) is 46.6 Å². The largest absolute Gasteiger partial charge is 0.458 e. The molecule has 0 bridgehead atoms. The maximum absolute atomic E-state index is 14.2. The summed E-state index contributed by atoms with van der Waals surface area (Å²) in [6, 6.07) is 3.41. The van der Waals surface area contributed by atoms with Gasteiger partial charge in [0.15, 0.2) is 0 Å². The Morgan fingerprint density at radius 3 is 2.28 bits per heavy atom. The fourth-order valence-corrected chi connectivity index (χ4v) is 3.49. The number of rotatable bonds is 3. The first-order valence-electron chi connectivity index (χ1n) is 8.25. The molecule has 8 radical (unpaired) electrons. The third-order valence-electron chi connectivity index (χ3n) is 5.07. The summed E-state index contributed by atoms with van der Waals surface area (Å²) in [5.41, 5.74) is -3.31. The van der Waals surface area contributed by atoms with Crippen LogP contribution in [0, 0.1) is 24.1 Å². The third kappa shape index (κ3) is 2.79. The molecule has 1 aliphatic rings. The predicted molar refractivity (Wildman–Crippen MR) is 101 cm³/mol. The summed E-state index contributed by atoms with van der Waals surface area (Å²) < 4.78 is 76.6. The number of ether oxygens (including phenoxy) is 1. The normalized spacial score (nSPS) is 18.9. The molecule has 1 atom stereocenters. The average Bonchev–Trinajstić information content (AvgIpc) is 2.81. The quantitative estimate of drug-likeness (QED) is 0.587. The number of fused-ring (bicyclic) bond motifs is 1. The van der Waals surface area contributed by atoms with Crippen molar-refractivity contribution >= 4 is 47.8 Å². The fourth-order valence-electron chi connectivity index (χ4n) is 3.49. The van der Waals surface area contributed by atoms with Crippen LogP contribution in [0.2, 0.25) is 6.32 Å². The van der Waals surface area contributed by atoms with E-state index in [2.05, 4.69) is 0 Å². The van der Waals surface area contributed by atoms with Crippen LogP contribution in [0.25, 0.3) is 0 Å². The zero-order valence-electron chi connectivity index (χ0n) is 15.0. The van der Waals surface area contributed by atoms with E-state index in [1.807, 2.05) is 0 Å². The van der Waals surface area contributed by atoms with Crippen molar-refractivity contribution in [2.24, 2.45) is 0 Å². The molecule has 0 N–H and O–H groups in total. The molecule has 11 heteroatoms. The number of hydrogen-bond donors (Lipinski definition) is 0. The van der Waals surface area contributed by atoms with Crippen LogP contribution in [0.4, 0.5) is 22.0 Å². The van der Waals surface area contributed by atoms with Gasteiger partial charge in [0.25, 0.3) is 0 Å². The Bertz CT molecular complexity index is 1070. The highest BCUT2D eigenvalue weighted by Crippen LogP contribution is 2.61. The first kappa shape index (κ1) is 21.4. The van der Waals surface area contributed by atoms with Gasteiger partial charge in [0.1, 0.15) is 40.9 Å². The van der Waals surface area contributed by atoms with E-state index in [4.69, 9.17) is 41.4 Å². The molecule has 1 aliphatic carbocycles. The summed E-state index contributed by atoms with van der Waals surface area (Å²) >= 11 is 0. The highest BCUT2D eigenvalue weighted by molar-refractivity contribution is 6.47. The third-order valence-corrected chi connectivity index (χ3v) is 5.07.